The Kier molecular flexibility index (Phi) is 4.19. The number of carbonyl (C=O) groups is 1. The molecule has 0 fully saturated rings. The molecule has 0 aliphatic rings. The number of hydrogen-bond donors (Lipinski definition) is 1. The van der Waals surface area contributed by atoms with Gasteiger partial charge >= 0.3 is 0 Å². The van der Waals surface area contributed by atoms with E-state index in [1.54, 1.807) is 12.1 Å². The summed E-state index contributed by atoms with van der Waals surface area (Å²) in [5.74, 6) is -0.973. The van der Waals surface area contributed by atoms with Crippen LogP contribution in [0.4, 0.5) is 10.1 Å². The highest BCUT2D eigenvalue weighted by Gasteiger charge is 2.09. The van der Waals surface area contributed by atoms with E-state index in [9.17, 15) is 9.18 Å². The Balaban J connectivity index is 2.16. The molecule has 0 aliphatic carbocycles. The zero-order valence-electron chi connectivity index (χ0n) is 9.08. The summed E-state index contributed by atoms with van der Waals surface area (Å²) in [6.45, 7) is 0. The van der Waals surface area contributed by atoms with Crippen molar-refractivity contribution in [2.75, 3.05) is 5.32 Å². The summed E-state index contributed by atoms with van der Waals surface area (Å²) in [6, 6.07) is 11.3. The van der Waals surface area contributed by atoms with E-state index in [0.29, 0.717) is 5.69 Å². The second-order valence-corrected chi connectivity index (χ2v) is 5.24. The lowest BCUT2D eigenvalue weighted by Gasteiger charge is -2.05. The molecular weight excluding hydrogens is 368 g/mol. The van der Waals surface area contributed by atoms with Gasteiger partial charge in [0.25, 0.3) is 5.91 Å². The van der Waals surface area contributed by atoms with Crippen LogP contribution in [0.3, 0.4) is 0 Å². The summed E-state index contributed by atoms with van der Waals surface area (Å²) in [5.41, 5.74) is 0.895. The van der Waals surface area contributed by atoms with Crippen LogP contribution in [0.5, 0.6) is 0 Å². The maximum absolute atomic E-state index is 13.2. The molecule has 0 saturated carbocycles. The number of rotatable bonds is 2. The van der Waals surface area contributed by atoms with Gasteiger partial charge in [-0.15, -0.1) is 0 Å². The van der Waals surface area contributed by atoms with Gasteiger partial charge in [-0.2, -0.15) is 0 Å². The fourth-order valence-corrected chi connectivity index (χ4v) is 1.85. The molecule has 1 amide bonds. The van der Waals surface area contributed by atoms with Gasteiger partial charge in [0, 0.05) is 14.8 Å². The SMILES string of the molecule is O=C(Nc1ccc(I)cc1)c1ccc(Cl)c(F)c1. The van der Waals surface area contributed by atoms with Crippen molar-refractivity contribution in [1.29, 1.82) is 0 Å². The summed E-state index contributed by atoms with van der Waals surface area (Å²) in [5, 5.41) is 2.68. The van der Waals surface area contributed by atoms with Gasteiger partial charge in [0.05, 0.1) is 5.02 Å². The van der Waals surface area contributed by atoms with Crippen LogP contribution in [-0.4, -0.2) is 5.91 Å². The van der Waals surface area contributed by atoms with Gasteiger partial charge in [0.15, 0.2) is 0 Å². The Morgan fingerprint density at radius 2 is 1.83 bits per heavy atom. The van der Waals surface area contributed by atoms with E-state index in [1.165, 1.54) is 12.1 Å². The van der Waals surface area contributed by atoms with E-state index in [-0.39, 0.29) is 16.5 Å². The molecule has 0 aromatic heterocycles. The fourth-order valence-electron chi connectivity index (χ4n) is 1.37. The minimum Gasteiger partial charge on any atom is -0.322 e. The second kappa shape index (κ2) is 5.67. The maximum Gasteiger partial charge on any atom is 0.255 e. The van der Waals surface area contributed by atoms with Crippen molar-refractivity contribution in [3.8, 4) is 0 Å². The molecule has 2 nitrogen and oxygen atoms in total. The van der Waals surface area contributed by atoms with Crippen LogP contribution in [0.2, 0.25) is 5.02 Å². The Morgan fingerprint density at radius 1 is 1.17 bits per heavy atom. The fraction of sp³-hybridized carbons (Fsp3) is 0. The van der Waals surface area contributed by atoms with Crippen LogP contribution < -0.4 is 5.32 Å². The van der Waals surface area contributed by atoms with Crippen molar-refractivity contribution in [2.24, 2.45) is 0 Å². The molecule has 0 saturated heterocycles. The lowest BCUT2D eigenvalue weighted by molar-refractivity contribution is 0.102. The lowest BCUT2D eigenvalue weighted by Crippen LogP contribution is -2.12. The first-order valence-corrected chi connectivity index (χ1v) is 6.54. The molecule has 2 aromatic rings. The highest BCUT2D eigenvalue weighted by atomic mass is 127. The number of halogens is 3. The molecule has 0 radical (unpaired) electrons. The van der Waals surface area contributed by atoms with Crippen LogP contribution >= 0.6 is 34.2 Å². The third-order valence-electron chi connectivity index (χ3n) is 2.28. The van der Waals surface area contributed by atoms with Gasteiger partial charge in [0.2, 0.25) is 0 Å². The van der Waals surface area contributed by atoms with E-state index >= 15 is 0 Å². The first kappa shape index (κ1) is 13.3. The van der Waals surface area contributed by atoms with Gasteiger partial charge in [-0.1, -0.05) is 11.6 Å². The molecule has 0 heterocycles. The number of benzene rings is 2. The number of carbonyl (C=O) groups excluding carboxylic acids is 1. The van der Waals surface area contributed by atoms with Crippen molar-refractivity contribution >= 4 is 45.8 Å². The monoisotopic (exact) mass is 375 g/mol. The zero-order chi connectivity index (χ0) is 13.1. The molecule has 0 aliphatic heterocycles. The first-order valence-electron chi connectivity index (χ1n) is 5.08. The molecule has 2 aromatic carbocycles. The largest absolute Gasteiger partial charge is 0.322 e. The zero-order valence-corrected chi connectivity index (χ0v) is 12.0. The van der Waals surface area contributed by atoms with Gasteiger partial charge in [0.1, 0.15) is 5.82 Å². The summed E-state index contributed by atoms with van der Waals surface area (Å²) < 4.78 is 14.3. The summed E-state index contributed by atoms with van der Waals surface area (Å²) in [4.78, 5) is 11.8. The van der Waals surface area contributed by atoms with E-state index in [4.69, 9.17) is 11.6 Å². The molecule has 0 spiro atoms. The Labute approximate surface area is 122 Å². The minimum absolute atomic E-state index is 0.000754. The molecule has 0 bridgehead atoms. The van der Waals surface area contributed by atoms with Gasteiger partial charge in [-0.3, -0.25) is 4.79 Å². The van der Waals surface area contributed by atoms with Crippen molar-refractivity contribution < 1.29 is 9.18 Å². The summed E-state index contributed by atoms with van der Waals surface area (Å²) >= 11 is 7.73. The molecule has 5 heteroatoms. The smallest absolute Gasteiger partial charge is 0.255 e. The minimum atomic E-state index is -0.605. The number of anilines is 1. The summed E-state index contributed by atoms with van der Waals surface area (Å²) in [7, 11) is 0. The van der Waals surface area contributed by atoms with Crippen LogP contribution in [0, 0.1) is 9.39 Å². The maximum atomic E-state index is 13.2. The number of nitrogens with one attached hydrogen (secondary N) is 1. The third-order valence-corrected chi connectivity index (χ3v) is 3.31. The Hall–Kier alpha value is -1.14. The standard InChI is InChI=1S/C13H8ClFINO/c14-11-6-1-8(7-12(11)15)13(18)17-10-4-2-9(16)3-5-10/h1-7H,(H,17,18). The Bertz CT molecular complexity index is 586. The highest BCUT2D eigenvalue weighted by molar-refractivity contribution is 14.1. The van der Waals surface area contributed by atoms with E-state index in [2.05, 4.69) is 27.9 Å². The van der Waals surface area contributed by atoms with E-state index in [1.807, 2.05) is 12.1 Å². The topological polar surface area (TPSA) is 29.1 Å². The van der Waals surface area contributed by atoms with Crippen molar-refractivity contribution in [1.82, 2.24) is 0 Å². The Morgan fingerprint density at radius 3 is 2.44 bits per heavy atom. The molecule has 92 valence electrons. The quantitative estimate of drug-likeness (QED) is 0.778. The average molecular weight is 376 g/mol. The molecule has 0 unspecified atom stereocenters. The number of amides is 1. The van der Waals surface area contributed by atoms with Crippen molar-refractivity contribution in [3.63, 3.8) is 0 Å². The predicted octanol–water partition coefficient (Wildman–Crippen LogP) is 4.34. The molecule has 2 rings (SSSR count). The summed E-state index contributed by atoms with van der Waals surface area (Å²) in [6.07, 6.45) is 0. The van der Waals surface area contributed by atoms with Gasteiger partial charge < -0.3 is 5.32 Å². The van der Waals surface area contributed by atoms with Gasteiger partial charge in [-0.25, -0.2) is 4.39 Å². The predicted molar refractivity (Wildman–Crippen MR) is 78.5 cm³/mol. The molecular formula is C13H8ClFINO. The average Bonchev–Trinajstić information content (AvgIpc) is 2.35. The van der Waals surface area contributed by atoms with E-state index < -0.39 is 5.82 Å². The number of hydrogen-bond acceptors (Lipinski definition) is 1. The van der Waals surface area contributed by atoms with E-state index in [0.717, 1.165) is 9.64 Å². The van der Waals surface area contributed by atoms with Gasteiger partial charge in [-0.05, 0) is 65.1 Å². The van der Waals surface area contributed by atoms with Crippen LogP contribution in [-0.2, 0) is 0 Å². The third kappa shape index (κ3) is 3.20. The second-order valence-electron chi connectivity index (χ2n) is 3.59. The van der Waals surface area contributed by atoms with Crippen LogP contribution in [0.15, 0.2) is 42.5 Å². The van der Waals surface area contributed by atoms with Crippen molar-refractivity contribution in [3.05, 3.63) is 62.4 Å². The van der Waals surface area contributed by atoms with Crippen LogP contribution in [0.25, 0.3) is 0 Å². The molecule has 0 atom stereocenters. The normalized spacial score (nSPS) is 10.2. The van der Waals surface area contributed by atoms with Crippen molar-refractivity contribution in [2.45, 2.75) is 0 Å². The van der Waals surface area contributed by atoms with Crippen LogP contribution in [0.1, 0.15) is 10.4 Å². The molecule has 18 heavy (non-hydrogen) atoms. The highest BCUT2D eigenvalue weighted by Crippen LogP contribution is 2.17. The lowest BCUT2D eigenvalue weighted by atomic mass is 10.2. The first-order chi connectivity index (χ1) is 8.56. The molecule has 1 N–H and O–H groups in total.